The molecule has 0 amide bonds. The third-order valence-corrected chi connectivity index (χ3v) is 8.87. The van der Waals surface area contributed by atoms with Crippen LogP contribution >= 0.6 is 11.6 Å². The van der Waals surface area contributed by atoms with Crippen molar-refractivity contribution in [1.82, 2.24) is 0 Å². The molecule has 6 atom stereocenters. The third kappa shape index (κ3) is 2.93. The van der Waals surface area contributed by atoms with E-state index in [4.69, 9.17) is 11.6 Å². The lowest BCUT2D eigenvalue weighted by atomic mass is 9.67. The quantitative estimate of drug-likeness (QED) is 0.554. The minimum absolute atomic E-state index is 0.166. The summed E-state index contributed by atoms with van der Waals surface area (Å²) in [6.07, 6.45) is 15.9. The summed E-state index contributed by atoms with van der Waals surface area (Å²) in [7, 11) is 0. The van der Waals surface area contributed by atoms with Gasteiger partial charge in [0, 0.05) is 10.4 Å². The van der Waals surface area contributed by atoms with Crippen LogP contribution in [0.3, 0.4) is 0 Å². The van der Waals surface area contributed by atoms with E-state index < -0.39 is 5.60 Å². The van der Waals surface area contributed by atoms with E-state index in [9.17, 15) is 5.11 Å². The van der Waals surface area contributed by atoms with Crippen LogP contribution in [0.1, 0.15) is 49.3 Å². The SMILES string of the molecule is CC1(c2ccccc2)C=CC=C(c2cc(Cl)ccc2C2(O)C3CC4CC(C3)C2C4)C=C1. The predicted molar refractivity (Wildman–Crippen MR) is 128 cm³/mol. The van der Waals surface area contributed by atoms with Gasteiger partial charge in [0.2, 0.25) is 0 Å². The van der Waals surface area contributed by atoms with E-state index >= 15 is 0 Å². The van der Waals surface area contributed by atoms with Crippen LogP contribution in [0.15, 0.2) is 78.9 Å². The highest BCUT2D eigenvalue weighted by atomic mass is 35.5. The zero-order valence-corrected chi connectivity index (χ0v) is 18.7. The van der Waals surface area contributed by atoms with E-state index in [-0.39, 0.29) is 5.41 Å². The molecule has 0 aromatic heterocycles. The lowest BCUT2D eigenvalue weighted by Crippen LogP contribution is -2.41. The van der Waals surface area contributed by atoms with Crippen LogP contribution < -0.4 is 0 Å². The first-order valence-electron chi connectivity index (χ1n) is 11.6. The monoisotopic (exact) mass is 428 g/mol. The number of allylic oxidation sites excluding steroid dienone is 6. The Hall–Kier alpha value is -2.09. The van der Waals surface area contributed by atoms with Gasteiger partial charge in [-0.2, -0.15) is 0 Å². The second-order valence-corrected chi connectivity index (χ2v) is 10.8. The molecule has 4 bridgehead atoms. The Kier molecular flexibility index (Phi) is 4.39. The molecule has 0 heterocycles. The van der Waals surface area contributed by atoms with Gasteiger partial charge < -0.3 is 5.11 Å². The molecule has 6 unspecified atom stereocenters. The number of halogens is 1. The van der Waals surface area contributed by atoms with Crippen LogP contribution in [0.2, 0.25) is 5.02 Å². The smallest absolute Gasteiger partial charge is 0.0961 e. The Labute approximate surface area is 190 Å². The molecule has 1 nitrogen and oxygen atoms in total. The van der Waals surface area contributed by atoms with Gasteiger partial charge in [-0.25, -0.2) is 0 Å². The first-order chi connectivity index (χ1) is 15.0. The van der Waals surface area contributed by atoms with Crippen molar-refractivity contribution in [2.45, 2.75) is 43.6 Å². The van der Waals surface area contributed by atoms with Crippen molar-refractivity contribution in [3.63, 3.8) is 0 Å². The van der Waals surface area contributed by atoms with E-state index in [1.807, 2.05) is 6.07 Å². The molecule has 2 aromatic carbocycles. The molecule has 0 saturated heterocycles. The Morgan fingerprint density at radius 1 is 0.968 bits per heavy atom. The average molecular weight is 429 g/mol. The van der Waals surface area contributed by atoms with Crippen molar-refractivity contribution >= 4 is 17.2 Å². The van der Waals surface area contributed by atoms with Crippen molar-refractivity contribution in [3.8, 4) is 0 Å². The normalized spacial score (nSPS) is 37.8. The molecule has 1 N–H and O–H groups in total. The lowest BCUT2D eigenvalue weighted by Gasteiger charge is -2.42. The van der Waals surface area contributed by atoms with Gasteiger partial charge >= 0.3 is 0 Å². The highest BCUT2D eigenvalue weighted by Gasteiger charge is 2.62. The van der Waals surface area contributed by atoms with E-state index in [0.29, 0.717) is 17.8 Å². The lowest BCUT2D eigenvalue weighted by molar-refractivity contribution is -0.0699. The zero-order chi connectivity index (χ0) is 21.2. The summed E-state index contributed by atoms with van der Waals surface area (Å²) in [4.78, 5) is 0. The van der Waals surface area contributed by atoms with E-state index in [2.05, 4.69) is 79.8 Å². The molecule has 4 fully saturated rings. The fourth-order valence-electron chi connectivity index (χ4n) is 7.18. The Balaban J connectivity index is 1.43. The van der Waals surface area contributed by atoms with Crippen molar-refractivity contribution in [2.24, 2.45) is 23.7 Å². The molecular formula is C29H29ClO. The second kappa shape index (κ2) is 6.95. The highest BCUT2D eigenvalue weighted by molar-refractivity contribution is 6.30. The summed E-state index contributed by atoms with van der Waals surface area (Å²) in [5.41, 5.74) is 3.68. The van der Waals surface area contributed by atoms with Gasteiger partial charge in [0.1, 0.15) is 0 Å². The number of hydrogen-bond acceptors (Lipinski definition) is 1. The maximum atomic E-state index is 12.2. The van der Waals surface area contributed by atoms with Crippen molar-refractivity contribution in [3.05, 3.63) is 101 Å². The van der Waals surface area contributed by atoms with Gasteiger partial charge in [-0.15, -0.1) is 0 Å². The fourth-order valence-corrected chi connectivity index (χ4v) is 7.35. The first-order valence-corrected chi connectivity index (χ1v) is 12.0. The van der Waals surface area contributed by atoms with Crippen LogP contribution in [0.4, 0.5) is 0 Å². The van der Waals surface area contributed by atoms with E-state index in [0.717, 1.165) is 27.6 Å². The molecule has 0 aliphatic heterocycles. The molecule has 158 valence electrons. The first kappa shape index (κ1) is 19.6. The molecule has 7 rings (SSSR count). The van der Waals surface area contributed by atoms with Crippen LogP contribution in [0.25, 0.3) is 5.57 Å². The van der Waals surface area contributed by atoms with Crippen LogP contribution in [0.5, 0.6) is 0 Å². The second-order valence-electron chi connectivity index (χ2n) is 10.4. The van der Waals surface area contributed by atoms with Gasteiger partial charge in [-0.1, -0.05) is 78.4 Å². The van der Waals surface area contributed by atoms with Gasteiger partial charge in [-0.05, 0) is 90.7 Å². The van der Waals surface area contributed by atoms with Crippen LogP contribution in [0, 0.1) is 23.7 Å². The van der Waals surface area contributed by atoms with Gasteiger partial charge in [-0.3, -0.25) is 0 Å². The van der Waals surface area contributed by atoms with Crippen LogP contribution in [-0.2, 0) is 11.0 Å². The number of benzene rings is 2. The summed E-state index contributed by atoms with van der Waals surface area (Å²) < 4.78 is 0. The summed E-state index contributed by atoms with van der Waals surface area (Å²) >= 11 is 6.49. The molecule has 4 saturated carbocycles. The van der Waals surface area contributed by atoms with E-state index in [1.165, 1.54) is 31.2 Å². The maximum absolute atomic E-state index is 12.2. The summed E-state index contributed by atoms with van der Waals surface area (Å²) in [5.74, 6) is 2.31. The molecule has 2 heteroatoms. The topological polar surface area (TPSA) is 20.2 Å². The van der Waals surface area contributed by atoms with Crippen molar-refractivity contribution < 1.29 is 5.11 Å². The minimum Gasteiger partial charge on any atom is -0.385 e. The molecule has 31 heavy (non-hydrogen) atoms. The van der Waals surface area contributed by atoms with E-state index in [1.54, 1.807) is 0 Å². The van der Waals surface area contributed by atoms with Gasteiger partial charge in [0.05, 0.1) is 5.60 Å². The molecule has 5 aliphatic carbocycles. The standard InChI is InChI=1S/C29H29ClO/c1-28(22-7-3-2-4-8-22)12-5-6-20(11-13-28)25-18-24(30)9-10-26(25)29(31)23-15-19-14-21(17-23)27(29)16-19/h2-13,18-19,21,23,27,31H,14-17H2,1H3. The van der Waals surface area contributed by atoms with Gasteiger partial charge in [0.15, 0.2) is 0 Å². The molecule has 2 aromatic rings. The Morgan fingerprint density at radius 3 is 2.61 bits per heavy atom. The molecule has 0 radical (unpaired) electrons. The van der Waals surface area contributed by atoms with Crippen molar-refractivity contribution in [2.75, 3.05) is 0 Å². The van der Waals surface area contributed by atoms with Gasteiger partial charge in [0.25, 0.3) is 0 Å². The summed E-state index contributed by atoms with van der Waals surface area (Å²) in [6, 6.07) is 16.7. The average Bonchev–Trinajstić information content (AvgIpc) is 3.06. The summed E-state index contributed by atoms with van der Waals surface area (Å²) in [6.45, 7) is 2.24. The molecule has 5 aliphatic rings. The number of rotatable bonds is 3. The fraction of sp³-hybridized carbons (Fsp3) is 0.379. The predicted octanol–water partition coefficient (Wildman–Crippen LogP) is 7.06. The zero-order valence-electron chi connectivity index (χ0n) is 18.0. The third-order valence-electron chi connectivity index (χ3n) is 8.63. The Morgan fingerprint density at radius 2 is 1.81 bits per heavy atom. The minimum atomic E-state index is -0.717. The maximum Gasteiger partial charge on any atom is 0.0961 e. The summed E-state index contributed by atoms with van der Waals surface area (Å²) in [5, 5.41) is 12.9. The highest BCUT2D eigenvalue weighted by Crippen LogP contribution is 2.66. The van der Waals surface area contributed by atoms with Crippen LogP contribution in [-0.4, -0.2) is 5.11 Å². The number of hydrogen-bond donors (Lipinski definition) is 1. The molecular weight excluding hydrogens is 400 g/mol. The number of aliphatic hydroxyl groups is 1. The van der Waals surface area contributed by atoms with Crippen molar-refractivity contribution in [1.29, 1.82) is 0 Å². The Bertz CT molecular complexity index is 1110. The molecule has 0 spiro atoms. The largest absolute Gasteiger partial charge is 0.385 e.